The first-order chi connectivity index (χ1) is 15.1. The normalized spacial score (nSPS) is 13.7. The Morgan fingerprint density at radius 1 is 1.06 bits per heavy atom. The Morgan fingerprint density at radius 3 is 2.25 bits per heavy atom. The van der Waals surface area contributed by atoms with Gasteiger partial charge in [0.25, 0.3) is 0 Å². The zero-order chi connectivity index (χ0) is 23.3. The van der Waals surface area contributed by atoms with Gasteiger partial charge in [-0.15, -0.1) is 10.2 Å². The summed E-state index contributed by atoms with van der Waals surface area (Å²) in [5, 5.41) is 16.7. The van der Waals surface area contributed by atoms with Crippen LogP contribution >= 0.6 is 0 Å². The lowest BCUT2D eigenvalue weighted by atomic mass is 10.0. The summed E-state index contributed by atoms with van der Waals surface area (Å²) in [5.41, 5.74) is 1.51. The van der Waals surface area contributed by atoms with E-state index in [1.807, 2.05) is 45.0 Å². The van der Waals surface area contributed by atoms with E-state index < -0.39 is 17.8 Å². The van der Waals surface area contributed by atoms with Crippen LogP contribution in [-0.4, -0.2) is 32.6 Å². The SMILES string of the molecule is CC(C)C(OCc1ccc(C(F)(F)F)cc1)C(=O)N[C@@H](C)c1ccc(-c2nn[nH]n2)cc1. The van der Waals surface area contributed by atoms with E-state index in [9.17, 15) is 18.0 Å². The first-order valence-electron chi connectivity index (χ1n) is 10.1. The number of ether oxygens (including phenoxy) is 1. The summed E-state index contributed by atoms with van der Waals surface area (Å²) in [6, 6.07) is 11.8. The molecular weight excluding hydrogens is 423 g/mol. The van der Waals surface area contributed by atoms with Crippen LogP contribution < -0.4 is 5.32 Å². The lowest BCUT2D eigenvalue weighted by Crippen LogP contribution is -2.40. The first-order valence-corrected chi connectivity index (χ1v) is 10.1. The second-order valence-corrected chi connectivity index (χ2v) is 7.76. The van der Waals surface area contributed by atoms with Gasteiger partial charge >= 0.3 is 6.18 Å². The maximum absolute atomic E-state index is 12.8. The quantitative estimate of drug-likeness (QED) is 0.537. The molecule has 0 spiro atoms. The molecule has 1 aromatic heterocycles. The largest absolute Gasteiger partial charge is 0.416 e. The summed E-state index contributed by atoms with van der Waals surface area (Å²) < 4.78 is 43.9. The van der Waals surface area contributed by atoms with E-state index in [1.54, 1.807) is 0 Å². The Hall–Kier alpha value is -3.27. The molecule has 170 valence electrons. The molecule has 0 bridgehead atoms. The lowest BCUT2D eigenvalue weighted by molar-refractivity contribution is -0.137. The Kier molecular flexibility index (Phi) is 7.24. The average Bonchev–Trinajstić information content (AvgIpc) is 3.28. The van der Waals surface area contributed by atoms with E-state index in [0.717, 1.165) is 23.3 Å². The van der Waals surface area contributed by atoms with E-state index >= 15 is 0 Å². The van der Waals surface area contributed by atoms with Crippen molar-refractivity contribution < 1.29 is 22.7 Å². The molecule has 0 aliphatic heterocycles. The molecule has 7 nitrogen and oxygen atoms in total. The smallest absolute Gasteiger partial charge is 0.363 e. The van der Waals surface area contributed by atoms with E-state index in [4.69, 9.17) is 4.74 Å². The molecule has 1 amide bonds. The fourth-order valence-corrected chi connectivity index (χ4v) is 3.13. The number of nitrogens with zero attached hydrogens (tertiary/aromatic N) is 3. The van der Waals surface area contributed by atoms with E-state index in [0.29, 0.717) is 11.4 Å². The highest BCUT2D eigenvalue weighted by Crippen LogP contribution is 2.29. The van der Waals surface area contributed by atoms with Gasteiger partial charge < -0.3 is 10.1 Å². The molecule has 2 aromatic carbocycles. The molecule has 0 radical (unpaired) electrons. The number of benzene rings is 2. The van der Waals surface area contributed by atoms with Crippen LogP contribution in [0, 0.1) is 5.92 Å². The van der Waals surface area contributed by atoms with Crippen molar-refractivity contribution in [3.63, 3.8) is 0 Å². The molecule has 0 saturated heterocycles. The van der Waals surface area contributed by atoms with Crippen molar-refractivity contribution in [2.24, 2.45) is 5.92 Å². The standard InChI is InChI=1S/C22H24F3N5O2/c1-13(2)19(32-12-15-4-10-18(11-5-15)22(23,24)25)21(31)26-14(3)16-6-8-17(9-7-16)20-27-29-30-28-20/h4-11,13-14,19H,12H2,1-3H3,(H,26,31)(H,27,28,29,30)/t14-,19?/m0/s1. The van der Waals surface area contributed by atoms with Crippen LogP contribution in [0.3, 0.4) is 0 Å². The third kappa shape index (κ3) is 5.91. The van der Waals surface area contributed by atoms with E-state index in [2.05, 4.69) is 25.9 Å². The lowest BCUT2D eigenvalue weighted by Gasteiger charge is -2.24. The number of hydrogen-bond donors (Lipinski definition) is 2. The number of hydrogen-bond acceptors (Lipinski definition) is 5. The number of amides is 1. The topological polar surface area (TPSA) is 92.8 Å². The second kappa shape index (κ2) is 9.90. The van der Waals surface area contributed by atoms with Crippen molar-refractivity contribution in [2.45, 2.75) is 45.7 Å². The zero-order valence-corrected chi connectivity index (χ0v) is 17.8. The molecule has 3 aromatic rings. The molecule has 0 saturated carbocycles. The Bertz CT molecular complexity index is 1000. The van der Waals surface area contributed by atoms with Gasteiger partial charge in [-0.05, 0) is 41.3 Å². The molecule has 0 aliphatic carbocycles. The Labute approximate surface area is 183 Å². The van der Waals surface area contributed by atoms with Gasteiger partial charge in [-0.2, -0.15) is 18.4 Å². The number of nitrogens with one attached hydrogen (secondary N) is 2. The molecule has 0 fully saturated rings. The summed E-state index contributed by atoms with van der Waals surface area (Å²) >= 11 is 0. The van der Waals surface area contributed by atoms with Gasteiger partial charge in [0.15, 0.2) is 0 Å². The molecule has 32 heavy (non-hydrogen) atoms. The highest BCUT2D eigenvalue weighted by molar-refractivity contribution is 5.81. The maximum Gasteiger partial charge on any atom is 0.416 e. The highest BCUT2D eigenvalue weighted by atomic mass is 19.4. The number of tetrazole rings is 1. The molecule has 10 heteroatoms. The number of carbonyl (C=O) groups excluding carboxylic acids is 1. The summed E-state index contributed by atoms with van der Waals surface area (Å²) in [6.45, 7) is 5.58. The zero-order valence-electron chi connectivity index (χ0n) is 17.8. The van der Waals surface area contributed by atoms with Crippen LogP contribution in [-0.2, 0) is 22.3 Å². The average molecular weight is 447 g/mol. The van der Waals surface area contributed by atoms with Gasteiger partial charge in [0.05, 0.1) is 18.2 Å². The number of rotatable bonds is 8. The molecular formula is C22H24F3N5O2. The molecule has 2 N–H and O–H groups in total. The molecule has 1 heterocycles. The number of halogens is 3. The fourth-order valence-electron chi connectivity index (χ4n) is 3.13. The number of aromatic nitrogens is 4. The predicted molar refractivity (Wildman–Crippen MR) is 111 cm³/mol. The third-order valence-electron chi connectivity index (χ3n) is 4.95. The van der Waals surface area contributed by atoms with Crippen LogP contribution in [0.2, 0.25) is 0 Å². The van der Waals surface area contributed by atoms with E-state index in [-0.39, 0.29) is 24.5 Å². The number of alkyl halides is 3. The molecule has 2 atom stereocenters. The summed E-state index contributed by atoms with van der Waals surface area (Å²) in [7, 11) is 0. The Balaban J connectivity index is 1.59. The van der Waals surface area contributed by atoms with Crippen LogP contribution in [0.25, 0.3) is 11.4 Å². The van der Waals surface area contributed by atoms with Gasteiger partial charge in [0, 0.05) is 5.56 Å². The number of aromatic amines is 1. The minimum atomic E-state index is -4.39. The van der Waals surface area contributed by atoms with Crippen molar-refractivity contribution in [3.05, 3.63) is 65.2 Å². The van der Waals surface area contributed by atoms with Gasteiger partial charge in [0.1, 0.15) is 6.10 Å². The highest BCUT2D eigenvalue weighted by Gasteiger charge is 2.30. The molecule has 3 rings (SSSR count). The fraction of sp³-hybridized carbons (Fsp3) is 0.364. The van der Waals surface area contributed by atoms with Crippen molar-refractivity contribution in [3.8, 4) is 11.4 Å². The van der Waals surface area contributed by atoms with Crippen molar-refractivity contribution >= 4 is 5.91 Å². The number of carbonyl (C=O) groups is 1. The third-order valence-corrected chi connectivity index (χ3v) is 4.95. The van der Waals surface area contributed by atoms with Gasteiger partial charge in [0.2, 0.25) is 11.7 Å². The van der Waals surface area contributed by atoms with Crippen LogP contribution in [0.5, 0.6) is 0 Å². The minimum absolute atomic E-state index is 0.0299. The van der Waals surface area contributed by atoms with Crippen molar-refractivity contribution in [1.82, 2.24) is 25.9 Å². The number of H-pyrrole nitrogens is 1. The maximum atomic E-state index is 12.8. The summed E-state index contributed by atoms with van der Waals surface area (Å²) in [4.78, 5) is 12.8. The van der Waals surface area contributed by atoms with Gasteiger partial charge in [-0.1, -0.05) is 50.2 Å². The summed E-state index contributed by atoms with van der Waals surface area (Å²) in [6.07, 6.45) is -5.14. The molecule has 1 unspecified atom stereocenters. The van der Waals surface area contributed by atoms with Gasteiger partial charge in [-0.25, -0.2) is 0 Å². The van der Waals surface area contributed by atoms with Crippen molar-refractivity contribution in [2.75, 3.05) is 0 Å². The molecule has 0 aliphatic rings. The van der Waals surface area contributed by atoms with E-state index in [1.165, 1.54) is 12.1 Å². The van der Waals surface area contributed by atoms with Gasteiger partial charge in [-0.3, -0.25) is 4.79 Å². The predicted octanol–water partition coefficient (Wildman–Crippen LogP) is 4.30. The Morgan fingerprint density at radius 2 is 1.72 bits per heavy atom. The first kappa shape index (κ1) is 23.4. The van der Waals surface area contributed by atoms with Crippen LogP contribution in [0.15, 0.2) is 48.5 Å². The minimum Gasteiger partial charge on any atom is -0.363 e. The monoisotopic (exact) mass is 447 g/mol. The second-order valence-electron chi connectivity index (χ2n) is 7.76. The van der Waals surface area contributed by atoms with Crippen LogP contribution in [0.4, 0.5) is 13.2 Å². The van der Waals surface area contributed by atoms with Crippen LogP contribution in [0.1, 0.15) is 43.5 Å². The van der Waals surface area contributed by atoms with Crippen molar-refractivity contribution in [1.29, 1.82) is 0 Å². The summed E-state index contributed by atoms with van der Waals surface area (Å²) in [5.74, 6) is 0.0590.